The van der Waals surface area contributed by atoms with Crippen molar-refractivity contribution >= 4 is 23.7 Å². The molecule has 7 aliphatic heterocycles. The second kappa shape index (κ2) is 40.0. The van der Waals surface area contributed by atoms with Gasteiger partial charge in [0.05, 0.1) is 71.6 Å². The van der Waals surface area contributed by atoms with Crippen LogP contribution in [-0.2, 0) is 85.5 Å². The van der Waals surface area contributed by atoms with E-state index in [4.69, 9.17) is 66.3 Å². The summed E-state index contributed by atoms with van der Waals surface area (Å²) in [7, 11) is 0. The summed E-state index contributed by atoms with van der Waals surface area (Å²) in [6.45, 7) is -7.06. The van der Waals surface area contributed by atoms with Gasteiger partial charge in [-0.25, -0.2) is 4.79 Å². The zero-order valence-corrected chi connectivity index (χ0v) is 57.6. The van der Waals surface area contributed by atoms with Crippen molar-refractivity contribution in [3.8, 4) is 0 Å². The maximum Gasteiger partial charge on any atom is 0.364 e. The number of aliphatic carboxylic acids is 1. The maximum atomic E-state index is 13.3. The lowest BCUT2D eigenvalue weighted by atomic mass is 9.91. The van der Waals surface area contributed by atoms with Crippen molar-refractivity contribution in [1.29, 1.82) is 0 Å². The van der Waals surface area contributed by atoms with E-state index in [1.165, 1.54) is 0 Å². The van der Waals surface area contributed by atoms with Gasteiger partial charge in [0.25, 0.3) is 5.79 Å². The lowest BCUT2D eigenvalue weighted by Gasteiger charge is -2.51. The molecule has 3 amide bonds. The van der Waals surface area contributed by atoms with Gasteiger partial charge in [-0.15, -0.1) is 0 Å². The summed E-state index contributed by atoms with van der Waals surface area (Å²) >= 11 is 0. The fourth-order valence-corrected chi connectivity index (χ4v) is 13.1. The quantitative estimate of drug-likeness (QED) is 0.0284. The van der Waals surface area contributed by atoms with E-state index in [1.54, 1.807) is 0 Å². The van der Waals surface area contributed by atoms with Crippen molar-refractivity contribution in [3.63, 3.8) is 0 Å². The number of aliphatic hydroxyl groups excluding tert-OH is 27. The van der Waals surface area contributed by atoms with E-state index in [0.717, 1.165) is 20.8 Å². The summed E-state index contributed by atoms with van der Waals surface area (Å²) in [4.78, 5) is 49.1. The number of amides is 3. The molecule has 628 valence electrons. The first kappa shape index (κ1) is 91.4. The van der Waals surface area contributed by atoms with Crippen LogP contribution in [0.5, 0.6) is 0 Å². The molecule has 0 radical (unpaired) electrons. The van der Waals surface area contributed by atoms with Crippen molar-refractivity contribution in [2.75, 3.05) is 59.5 Å². The van der Waals surface area contributed by atoms with Crippen molar-refractivity contribution in [3.05, 3.63) is 0 Å². The van der Waals surface area contributed by atoms with Crippen LogP contribution in [0.2, 0.25) is 0 Å². The van der Waals surface area contributed by atoms with Gasteiger partial charge in [-0.3, -0.25) is 14.4 Å². The fourth-order valence-electron chi connectivity index (χ4n) is 13.1. The van der Waals surface area contributed by atoms with E-state index in [1.807, 2.05) is 0 Å². The molecular weight excluding hydrogens is 1490 g/mol. The van der Waals surface area contributed by atoms with Crippen LogP contribution in [0.1, 0.15) is 27.2 Å². The fraction of sp³-hybridized carbons (Fsp3) is 0.932. The van der Waals surface area contributed by atoms with Gasteiger partial charge in [-0.05, 0) is 0 Å². The van der Waals surface area contributed by atoms with Crippen molar-refractivity contribution in [2.45, 2.75) is 284 Å². The maximum absolute atomic E-state index is 13.3. The van der Waals surface area contributed by atoms with E-state index in [0.29, 0.717) is 0 Å². The number of rotatable bonds is 34. The molecule has 7 fully saturated rings. The Morgan fingerprint density at radius 1 is 0.407 bits per heavy atom. The molecular formula is C59H101N3O46. The van der Waals surface area contributed by atoms with E-state index in [2.05, 4.69) is 16.0 Å². The molecule has 0 saturated carbocycles. The Balaban J connectivity index is 1.11. The highest BCUT2D eigenvalue weighted by Gasteiger charge is 2.61. The third kappa shape index (κ3) is 21.0. The second-order valence-corrected chi connectivity index (χ2v) is 26.9. The zero-order valence-electron chi connectivity index (χ0n) is 57.6. The number of carbonyl (C=O) groups is 4. The number of aliphatic hydroxyl groups is 27. The minimum absolute atomic E-state index is 0.752. The number of carboxylic acids is 1. The topological polar surface area (TPSA) is 800 Å². The van der Waals surface area contributed by atoms with Gasteiger partial charge in [0, 0.05) is 27.2 Å². The highest BCUT2D eigenvalue weighted by molar-refractivity contribution is 5.76. The molecule has 49 heteroatoms. The normalized spacial score (nSPS) is 44.1. The van der Waals surface area contributed by atoms with Crippen LogP contribution < -0.4 is 16.0 Å². The Hall–Kier alpha value is -3.76. The average molecular weight is 1590 g/mol. The lowest BCUT2D eigenvalue weighted by Crippen LogP contribution is -2.69. The van der Waals surface area contributed by atoms with Crippen LogP contribution >= 0.6 is 0 Å². The minimum Gasteiger partial charge on any atom is -0.477 e. The number of ether oxygens (including phenoxy) is 14. The first-order chi connectivity index (χ1) is 50.7. The second-order valence-electron chi connectivity index (χ2n) is 26.9. The average Bonchev–Trinajstić information content (AvgIpc) is 0.775. The van der Waals surface area contributed by atoms with Gasteiger partial charge in [-0.1, -0.05) is 0 Å². The molecule has 0 spiro atoms. The van der Waals surface area contributed by atoms with Crippen LogP contribution in [0.4, 0.5) is 0 Å². The largest absolute Gasteiger partial charge is 0.477 e. The monoisotopic (exact) mass is 1590 g/mol. The third-order valence-electron chi connectivity index (χ3n) is 19.1. The van der Waals surface area contributed by atoms with Gasteiger partial charge < -0.3 is 225 Å². The van der Waals surface area contributed by atoms with Crippen molar-refractivity contribution < 1.29 is 228 Å². The molecule has 0 bridgehead atoms. The molecule has 0 aromatic heterocycles. The Morgan fingerprint density at radius 3 is 1.28 bits per heavy atom. The molecule has 0 aliphatic carbocycles. The lowest BCUT2D eigenvalue weighted by molar-refractivity contribution is -0.398. The smallest absolute Gasteiger partial charge is 0.364 e. The molecule has 42 atom stereocenters. The summed E-state index contributed by atoms with van der Waals surface area (Å²) in [5, 5.41) is 313. The first-order valence-corrected chi connectivity index (χ1v) is 33.9. The molecule has 7 heterocycles. The van der Waals surface area contributed by atoms with Crippen LogP contribution in [0.15, 0.2) is 0 Å². The highest BCUT2D eigenvalue weighted by atomic mass is 16.8. The number of carbonyl (C=O) groups excluding carboxylic acids is 3. The molecule has 49 nitrogen and oxygen atoms in total. The number of hydrogen-bond donors (Lipinski definition) is 31. The summed E-state index contributed by atoms with van der Waals surface area (Å²) in [5.41, 5.74) is 0. The molecule has 0 aromatic carbocycles. The highest BCUT2D eigenvalue weighted by Crippen LogP contribution is 2.40. The predicted molar refractivity (Wildman–Crippen MR) is 331 cm³/mol. The van der Waals surface area contributed by atoms with E-state index < -0.39 is 347 Å². The van der Waals surface area contributed by atoms with Crippen molar-refractivity contribution in [1.82, 2.24) is 16.0 Å². The summed E-state index contributed by atoms with van der Waals surface area (Å²) in [6, 6.07) is -4.79. The molecule has 7 aliphatic rings. The number of nitrogens with one attached hydrogen (secondary N) is 3. The molecule has 7 saturated heterocycles. The Bertz CT molecular complexity index is 2800. The van der Waals surface area contributed by atoms with Gasteiger partial charge in [0.1, 0.15) is 201 Å². The Kier molecular flexibility index (Phi) is 33.9. The first-order valence-electron chi connectivity index (χ1n) is 33.9. The standard InChI is InChI=1S/C59H101N3O46/c1-14(68)60-17(5-63)29(77)30(78)21(74)10-95-53-28(62-16(3)70)35(83)33(81)26(101-53)13-98-59(58(93)94)4-18(71)48(49(108-59)20(73)7-65)105-56-43(91)50(41(89)45(103-56)19(72)6-64)107-57-44(92)51(106-55-40(88)36(84)32(80)25(9-67)100-55)42(90)47(104-57)23(76)12-97-54-39(87)37(85)38(86)46(102-54)22(75)11-96-52-27(61-15(2)69)34(82)31(79)24(8-66)99-52/h17-57,63-67,71-92H,4-13H2,1-3H3,(H,60,68)(H,61,69)(H,62,70)(H,93,94)/t17-,18+,19-,20+,21+,22-,23-,24+,25+,26+,27+,28+,29+,30+,31+,32+,33+,34+,35+,36-,37-,38-,39-,40+,41+,42+,43-,44-,45+,46+,47+,48+,49+,50-,51-,52-,53+,54-,55+,56+,57+,59+/m0/s1. The third-order valence-corrected chi connectivity index (χ3v) is 19.1. The van der Waals surface area contributed by atoms with Gasteiger partial charge in [0.2, 0.25) is 17.7 Å². The van der Waals surface area contributed by atoms with Gasteiger partial charge >= 0.3 is 5.97 Å². The van der Waals surface area contributed by atoms with E-state index >= 15 is 0 Å². The Morgan fingerprint density at radius 2 is 0.806 bits per heavy atom. The number of carboxylic acid groups (broad SMARTS) is 1. The van der Waals surface area contributed by atoms with Crippen molar-refractivity contribution in [2.24, 2.45) is 0 Å². The van der Waals surface area contributed by atoms with E-state index in [9.17, 15) is 162 Å². The summed E-state index contributed by atoms with van der Waals surface area (Å²) in [5.74, 6) is -7.77. The van der Waals surface area contributed by atoms with E-state index in [-0.39, 0.29) is 0 Å². The Labute approximate surface area is 610 Å². The molecule has 7 rings (SSSR count). The van der Waals surface area contributed by atoms with Crippen LogP contribution in [-0.4, -0.2) is 483 Å². The zero-order chi connectivity index (χ0) is 80.6. The predicted octanol–water partition coefficient (Wildman–Crippen LogP) is -20.5. The van der Waals surface area contributed by atoms with Crippen LogP contribution in [0, 0.1) is 0 Å². The van der Waals surface area contributed by atoms with Crippen LogP contribution in [0.3, 0.4) is 0 Å². The summed E-state index contributed by atoms with van der Waals surface area (Å²) in [6.07, 6.45) is -85.1. The molecule has 0 unspecified atom stereocenters. The SMILES string of the molecule is CC(=O)N[C@H]1[C@H](OC[C@@H](O)[C@@H](O)[C@H](O)[C@H](CO)NC(C)=O)O[C@H](CO[C@]2(C(=O)O)C[C@@H](O)[C@@H](O[C@H]3O[C@H]([C@@H](O)CO)[C@@H](O)[C@H](O[C@H]4O[C@H]([C@@H](O)CO[C@H]5O[C@H]([C@@H](O)CO[C@H]6O[C@H](CO)[C@@H](O)[C@H](O)[C@H]6NC(C)=O)[C@@H](O)[C@H](O)[C@@H]5O)[C@@H](O)[C@H](O[C@H]5O[C@H](CO)[C@@H](O)[C@H](O)[C@H]5O)[C@@H]4O)[C@@H]3O)[C@@H]([C@H](O)CO)O2)[C@@H](O)[C@@H]1O. The molecule has 0 aromatic rings. The molecule has 108 heavy (non-hydrogen) atoms. The van der Waals surface area contributed by atoms with Gasteiger partial charge in [-0.2, -0.15) is 0 Å². The minimum atomic E-state index is -3.25. The van der Waals surface area contributed by atoms with Gasteiger partial charge in [0.15, 0.2) is 37.7 Å². The number of hydrogen-bond acceptors (Lipinski definition) is 45. The van der Waals surface area contributed by atoms with Crippen LogP contribution in [0.25, 0.3) is 0 Å². The molecule has 31 N–H and O–H groups in total. The summed E-state index contributed by atoms with van der Waals surface area (Å²) < 4.78 is 79.1.